The number of rotatable bonds is 1. The number of carbonyl (C=O) groups is 2. The highest BCUT2D eigenvalue weighted by atomic mass is 16.2. The first-order valence-corrected chi connectivity index (χ1v) is 8.45. The molecule has 2 saturated heterocycles. The Balaban J connectivity index is 1.61. The second-order valence-electron chi connectivity index (χ2n) is 6.66. The Morgan fingerprint density at radius 1 is 1.12 bits per heavy atom. The largest absolute Gasteiger partial charge is 0.350 e. The summed E-state index contributed by atoms with van der Waals surface area (Å²) in [5, 5.41) is 0.563. The van der Waals surface area contributed by atoms with Gasteiger partial charge in [-0.1, -0.05) is 12.1 Å². The second kappa shape index (κ2) is 6.00. The number of para-hydroxylation sites is 1. The van der Waals surface area contributed by atoms with Crippen LogP contribution in [0.3, 0.4) is 0 Å². The van der Waals surface area contributed by atoms with E-state index in [1.807, 2.05) is 6.07 Å². The molecule has 0 spiro atoms. The number of H-pyrrole nitrogens is 1. The van der Waals surface area contributed by atoms with Crippen molar-refractivity contribution < 1.29 is 9.59 Å². The van der Waals surface area contributed by atoms with Gasteiger partial charge in [-0.05, 0) is 12.1 Å². The Morgan fingerprint density at radius 3 is 2.72 bits per heavy atom. The SMILES string of the molecule is CN1CCN2CCN(C(=O)c3cc(=O)c4ccccc4[nH]3)C[C@H]2C1=O. The predicted octanol–water partition coefficient (Wildman–Crippen LogP) is 0.127. The molecule has 0 radical (unpaired) electrons. The first-order valence-electron chi connectivity index (χ1n) is 8.45. The van der Waals surface area contributed by atoms with E-state index >= 15 is 0 Å². The molecule has 2 aliphatic heterocycles. The molecule has 1 aromatic heterocycles. The van der Waals surface area contributed by atoms with Gasteiger partial charge in [0.25, 0.3) is 5.91 Å². The molecule has 2 amide bonds. The van der Waals surface area contributed by atoms with E-state index in [0.29, 0.717) is 30.5 Å². The molecule has 1 N–H and O–H groups in total. The van der Waals surface area contributed by atoms with Crippen LogP contribution in [0.15, 0.2) is 35.1 Å². The Kier molecular flexibility index (Phi) is 3.80. The highest BCUT2D eigenvalue weighted by Gasteiger charge is 2.38. The highest BCUT2D eigenvalue weighted by molar-refractivity contribution is 5.95. The lowest BCUT2D eigenvalue weighted by molar-refractivity contribution is -0.142. The average molecular weight is 340 g/mol. The molecule has 4 rings (SSSR count). The van der Waals surface area contributed by atoms with E-state index in [4.69, 9.17) is 0 Å². The summed E-state index contributed by atoms with van der Waals surface area (Å²) in [6.45, 7) is 3.15. The summed E-state index contributed by atoms with van der Waals surface area (Å²) in [6, 6.07) is 8.20. The molecular weight excluding hydrogens is 320 g/mol. The van der Waals surface area contributed by atoms with Crippen LogP contribution in [0.2, 0.25) is 0 Å². The van der Waals surface area contributed by atoms with Gasteiger partial charge in [0.2, 0.25) is 5.91 Å². The second-order valence-corrected chi connectivity index (χ2v) is 6.66. The van der Waals surface area contributed by atoms with Crippen molar-refractivity contribution in [3.8, 4) is 0 Å². The summed E-state index contributed by atoms with van der Waals surface area (Å²) < 4.78 is 0. The van der Waals surface area contributed by atoms with Crippen LogP contribution >= 0.6 is 0 Å². The lowest BCUT2D eigenvalue weighted by atomic mass is 10.1. The molecule has 1 aromatic carbocycles. The molecule has 7 nitrogen and oxygen atoms in total. The number of amides is 2. The minimum Gasteiger partial charge on any atom is -0.350 e. The molecule has 130 valence electrons. The van der Waals surface area contributed by atoms with Gasteiger partial charge >= 0.3 is 0 Å². The van der Waals surface area contributed by atoms with Crippen LogP contribution in [0.5, 0.6) is 0 Å². The molecule has 7 heteroatoms. The smallest absolute Gasteiger partial charge is 0.270 e. The van der Waals surface area contributed by atoms with Crippen molar-refractivity contribution >= 4 is 22.7 Å². The number of hydrogen-bond acceptors (Lipinski definition) is 4. The standard InChI is InChI=1S/C18H20N4O3/c1-20-6-7-21-8-9-22(11-15(21)18(20)25)17(24)14-10-16(23)12-4-2-3-5-13(12)19-14/h2-5,10,15H,6-9,11H2,1H3,(H,19,23)/t15-/m0/s1. The topological polar surface area (TPSA) is 76.7 Å². The number of nitrogens with zero attached hydrogens (tertiary/aromatic N) is 3. The lowest BCUT2D eigenvalue weighted by Crippen LogP contribution is -2.64. The number of fused-ring (bicyclic) bond motifs is 2. The third kappa shape index (κ3) is 2.70. The summed E-state index contributed by atoms with van der Waals surface area (Å²) in [6.07, 6.45) is 0. The van der Waals surface area contributed by atoms with Crippen LogP contribution in [-0.4, -0.2) is 77.3 Å². The Labute approximate surface area is 144 Å². The van der Waals surface area contributed by atoms with E-state index in [9.17, 15) is 14.4 Å². The molecule has 3 heterocycles. The lowest BCUT2D eigenvalue weighted by Gasteiger charge is -2.45. The number of pyridine rings is 1. The van der Waals surface area contributed by atoms with Crippen LogP contribution in [0.4, 0.5) is 0 Å². The van der Waals surface area contributed by atoms with Crippen molar-refractivity contribution in [2.45, 2.75) is 6.04 Å². The molecule has 0 saturated carbocycles. The predicted molar refractivity (Wildman–Crippen MR) is 93.5 cm³/mol. The van der Waals surface area contributed by atoms with E-state index in [-0.39, 0.29) is 29.0 Å². The first kappa shape index (κ1) is 15.8. The molecule has 25 heavy (non-hydrogen) atoms. The number of hydrogen-bond donors (Lipinski definition) is 1. The van der Waals surface area contributed by atoms with E-state index in [1.165, 1.54) is 6.07 Å². The fraction of sp³-hybridized carbons (Fsp3) is 0.389. The number of carbonyl (C=O) groups excluding carboxylic acids is 2. The first-order chi connectivity index (χ1) is 12.0. The van der Waals surface area contributed by atoms with Crippen LogP contribution in [0.25, 0.3) is 10.9 Å². The fourth-order valence-corrected chi connectivity index (χ4v) is 3.63. The van der Waals surface area contributed by atoms with Crippen LogP contribution in [0, 0.1) is 0 Å². The normalized spacial score (nSPS) is 21.5. The average Bonchev–Trinajstić information content (AvgIpc) is 2.64. The zero-order valence-electron chi connectivity index (χ0n) is 14.1. The molecule has 0 aliphatic carbocycles. The van der Waals surface area contributed by atoms with Crippen molar-refractivity contribution in [1.29, 1.82) is 0 Å². The highest BCUT2D eigenvalue weighted by Crippen LogP contribution is 2.18. The number of aromatic amines is 1. The maximum atomic E-state index is 12.9. The van der Waals surface area contributed by atoms with Gasteiger partial charge in [-0.25, -0.2) is 0 Å². The van der Waals surface area contributed by atoms with E-state index < -0.39 is 0 Å². The van der Waals surface area contributed by atoms with Gasteiger partial charge in [0, 0.05) is 56.7 Å². The molecule has 2 aromatic rings. The summed E-state index contributed by atoms with van der Waals surface area (Å²) in [5.41, 5.74) is 0.740. The Hall–Kier alpha value is -2.67. The molecule has 1 atom stereocenters. The van der Waals surface area contributed by atoms with E-state index in [2.05, 4.69) is 9.88 Å². The van der Waals surface area contributed by atoms with Gasteiger partial charge in [0.15, 0.2) is 5.43 Å². The summed E-state index contributed by atoms with van der Waals surface area (Å²) in [4.78, 5) is 46.1. The number of likely N-dealkylation sites (N-methyl/N-ethyl adjacent to an activating group) is 1. The quantitative estimate of drug-likeness (QED) is 0.800. The van der Waals surface area contributed by atoms with Crippen molar-refractivity contribution in [2.75, 3.05) is 39.8 Å². The number of benzene rings is 1. The molecule has 2 aliphatic rings. The van der Waals surface area contributed by atoms with Crippen molar-refractivity contribution in [2.24, 2.45) is 0 Å². The van der Waals surface area contributed by atoms with Gasteiger partial charge in [0.05, 0.1) is 0 Å². The third-order valence-corrected chi connectivity index (χ3v) is 5.13. The number of nitrogens with one attached hydrogen (secondary N) is 1. The molecule has 0 bridgehead atoms. The molecule has 2 fully saturated rings. The van der Waals surface area contributed by atoms with Crippen molar-refractivity contribution in [1.82, 2.24) is 19.7 Å². The van der Waals surface area contributed by atoms with Gasteiger partial charge in [-0.3, -0.25) is 19.3 Å². The number of piperazine rings is 2. The maximum Gasteiger partial charge on any atom is 0.270 e. The van der Waals surface area contributed by atoms with Crippen LogP contribution < -0.4 is 5.43 Å². The zero-order valence-corrected chi connectivity index (χ0v) is 14.1. The van der Waals surface area contributed by atoms with Crippen molar-refractivity contribution in [3.05, 3.63) is 46.2 Å². The Bertz CT molecular complexity index is 907. The number of aromatic nitrogens is 1. The van der Waals surface area contributed by atoms with Gasteiger partial charge in [-0.15, -0.1) is 0 Å². The minimum atomic E-state index is -0.288. The zero-order chi connectivity index (χ0) is 17.6. The Morgan fingerprint density at radius 2 is 1.88 bits per heavy atom. The van der Waals surface area contributed by atoms with E-state index in [0.717, 1.165) is 13.1 Å². The summed E-state index contributed by atoms with van der Waals surface area (Å²) in [7, 11) is 1.79. The summed E-state index contributed by atoms with van der Waals surface area (Å²) in [5.74, 6) is -0.181. The van der Waals surface area contributed by atoms with Crippen molar-refractivity contribution in [3.63, 3.8) is 0 Å². The molecular formula is C18H20N4O3. The van der Waals surface area contributed by atoms with Crippen LogP contribution in [0.1, 0.15) is 10.5 Å². The van der Waals surface area contributed by atoms with Crippen LogP contribution in [-0.2, 0) is 4.79 Å². The molecule has 0 unspecified atom stereocenters. The maximum absolute atomic E-state index is 12.9. The van der Waals surface area contributed by atoms with Gasteiger partial charge in [-0.2, -0.15) is 0 Å². The third-order valence-electron chi connectivity index (χ3n) is 5.13. The van der Waals surface area contributed by atoms with Gasteiger partial charge in [0.1, 0.15) is 11.7 Å². The monoisotopic (exact) mass is 340 g/mol. The summed E-state index contributed by atoms with van der Waals surface area (Å²) >= 11 is 0. The van der Waals surface area contributed by atoms with Gasteiger partial charge < -0.3 is 14.8 Å². The fourth-order valence-electron chi connectivity index (χ4n) is 3.63. The van der Waals surface area contributed by atoms with E-state index in [1.54, 1.807) is 35.0 Å². The minimum absolute atomic E-state index is 0.0516.